The third-order valence-corrected chi connectivity index (χ3v) is 2.97. The largest absolute Gasteiger partial charge is 0.368 e. The number of terminal acetylenes is 1. The van der Waals surface area contributed by atoms with E-state index in [4.69, 9.17) is 6.42 Å². The van der Waals surface area contributed by atoms with E-state index in [1.807, 2.05) is 0 Å². The summed E-state index contributed by atoms with van der Waals surface area (Å²) in [6.07, 6.45) is 6.92. The van der Waals surface area contributed by atoms with E-state index in [2.05, 4.69) is 32.2 Å². The number of rotatable bonds is 4. The summed E-state index contributed by atoms with van der Waals surface area (Å²) in [4.78, 5) is 14.1. The Bertz CT molecular complexity index is 454. The normalized spacial score (nSPS) is 9.56. The topological polar surface area (TPSA) is 68.1 Å². The highest BCUT2D eigenvalue weighted by atomic mass is 79.9. The van der Waals surface area contributed by atoms with Gasteiger partial charge in [0.2, 0.25) is 0 Å². The highest BCUT2D eigenvalue weighted by molar-refractivity contribution is 9.10. The summed E-state index contributed by atoms with van der Waals surface area (Å²) in [6, 6.07) is 0. The number of aromatic nitrogens is 1. The second-order valence-electron chi connectivity index (χ2n) is 3.07. The van der Waals surface area contributed by atoms with Gasteiger partial charge in [-0.1, -0.05) is 0 Å². The minimum atomic E-state index is -0.460. The summed E-state index contributed by atoms with van der Waals surface area (Å²) in [5.41, 5.74) is 0.539. The van der Waals surface area contributed by atoms with Crippen molar-refractivity contribution < 1.29 is 4.92 Å². The van der Waals surface area contributed by atoms with Gasteiger partial charge in [0.1, 0.15) is 12.0 Å². The van der Waals surface area contributed by atoms with Gasteiger partial charge in [-0.2, -0.15) is 0 Å². The van der Waals surface area contributed by atoms with Gasteiger partial charge in [0.05, 0.1) is 9.40 Å². The first kappa shape index (κ1) is 12.5. The molecule has 0 saturated heterocycles. The number of halogens is 1. The Hall–Kier alpha value is -1.61. The third-order valence-electron chi connectivity index (χ3n) is 2.00. The SMILES string of the molecule is C#CCCNc1ncc([N+](=O)[O-])c(C)c1Br. The van der Waals surface area contributed by atoms with Crippen LogP contribution in [-0.4, -0.2) is 16.5 Å². The van der Waals surface area contributed by atoms with Gasteiger partial charge in [-0.3, -0.25) is 10.1 Å². The molecule has 0 saturated carbocycles. The average Bonchev–Trinajstić information content (AvgIpc) is 2.24. The standard InChI is InChI=1S/C10H10BrN3O2/c1-3-4-5-12-10-9(11)7(2)8(6-13-10)14(15)16/h1,6H,4-5H2,2H3,(H,12,13). The molecular formula is C10H10BrN3O2. The molecule has 0 amide bonds. The number of nitro groups is 1. The lowest BCUT2D eigenvalue weighted by atomic mass is 10.2. The van der Waals surface area contributed by atoms with Crippen LogP contribution in [0.5, 0.6) is 0 Å². The molecule has 5 nitrogen and oxygen atoms in total. The van der Waals surface area contributed by atoms with Crippen molar-refractivity contribution in [3.8, 4) is 12.3 Å². The summed E-state index contributed by atoms with van der Waals surface area (Å²) in [6.45, 7) is 2.25. The third kappa shape index (κ3) is 2.70. The van der Waals surface area contributed by atoms with E-state index in [9.17, 15) is 10.1 Å². The van der Waals surface area contributed by atoms with Crippen LogP contribution in [0.3, 0.4) is 0 Å². The highest BCUT2D eigenvalue weighted by Gasteiger charge is 2.16. The maximum absolute atomic E-state index is 10.6. The first-order valence-corrected chi connectivity index (χ1v) is 5.34. The van der Waals surface area contributed by atoms with Gasteiger partial charge >= 0.3 is 0 Å². The van der Waals surface area contributed by atoms with Crippen LogP contribution in [0.2, 0.25) is 0 Å². The van der Waals surface area contributed by atoms with Crippen molar-refractivity contribution in [1.82, 2.24) is 4.98 Å². The zero-order valence-electron chi connectivity index (χ0n) is 8.66. The minimum absolute atomic E-state index is 0.00521. The van der Waals surface area contributed by atoms with E-state index in [1.165, 1.54) is 6.20 Å². The molecule has 1 aromatic heterocycles. The predicted octanol–water partition coefficient (Wildman–Crippen LogP) is 2.50. The van der Waals surface area contributed by atoms with Gasteiger partial charge in [0, 0.05) is 18.5 Å². The van der Waals surface area contributed by atoms with E-state index in [1.54, 1.807) is 6.92 Å². The molecule has 1 rings (SSSR count). The van der Waals surface area contributed by atoms with Crippen LogP contribution in [0.4, 0.5) is 11.5 Å². The smallest absolute Gasteiger partial charge is 0.291 e. The Morgan fingerprint density at radius 1 is 1.75 bits per heavy atom. The van der Waals surface area contributed by atoms with Crippen molar-refractivity contribution in [2.45, 2.75) is 13.3 Å². The van der Waals surface area contributed by atoms with Gasteiger partial charge < -0.3 is 5.32 Å². The lowest BCUT2D eigenvalue weighted by molar-refractivity contribution is -0.385. The maximum Gasteiger partial charge on any atom is 0.291 e. The number of hydrogen-bond acceptors (Lipinski definition) is 4. The van der Waals surface area contributed by atoms with E-state index in [0.29, 0.717) is 28.8 Å². The Labute approximate surface area is 102 Å². The molecule has 1 heterocycles. The van der Waals surface area contributed by atoms with Gasteiger partial charge in [-0.15, -0.1) is 12.3 Å². The quantitative estimate of drug-likeness (QED) is 0.399. The Kier molecular flexibility index (Phi) is 4.26. The number of nitrogens with one attached hydrogen (secondary N) is 1. The monoisotopic (exact) mass is 283 g/mol. The molecule has 0 aliphatic carbocycles. The van der Waals surface area contributed by atoms with E-state index < -0.39 is 4.92 Å². The van der Waals surface area contributed by atoms with Crippen molar-refractivity contribution >= 4 is 27.4 Å². The predicted molar refractivity (Wildman–Crippen MR) is 65.3 cm³/mol. The molecule has 0 aliphatic rings. The van der Waals surface area contributed by atoms with Gasteiger partial charge in [0.15, 0.2) is 0 Å². The Morgan fingerprint density at radius 2 is 2.44 bits per heavy atom. The molecule has 16 heavy (non-hydrogen) atoms. The number of pyridine rings is 1. The molecular weight excluding hydrogens is 274 g/mol. The number of hydrogen-bond donors (Lipinski definition) is 1. The lowest BCUT2D eigenvalue weighted by Crippen LogP contribution is -2.05. The summed E-state index contributed by atoms with van der Waals surface area (Å²) >= 11 is 3.27. The molecule has 0 radical (unpaired) electrons. The maximum atomic E-state index is 10.6. The van der Waals surface area contributed by atoms with Crippen LogP contribution >= 0.6 is 15.9 Å². The van der Waals surface area contributed by atoms with Crippen LogP contribution < -0.4 is 5.32 Å². The van der Waals surface area contributed by atoms with Gasteiger partial charge in [-0.05, 0) is 22.9 Å². The summed E-state index contributed by atoms with van der Waals surface area (Å²) < 4.78 is 0.596. The van der Waals surface area contributed by atoms with Crippen molar-refractivity contribution in [2.24, 2.45) is 0 Å². The van der Waals surface area contributed by atoms with Crippen molar-refractivity contribution in [3.05, 3.63) is 26.3 Å². The summed E-state index contributed by atoms with van der Waals surface area (Å²) in [5.74, 6) is 3.06. The average molecular weight is 284 g/mol. The molecule has 0 aliphatic heterocycles. The van der Waals surface area contributed by atoms with E-state index in [0.717, 1.165) is 0 Å². The zero-order chi connectivity index (χ0) is 12.1. The number of anilines is 1. The first-order valence-electron chi connectivity index (χ1n) is 4.54. The summed E-state index contributed by atoms with van der Waals surface area (Å²) in [5, 5.41) is 13.6. The molecule has 0 spiro atoms. The lowest BCUT2D eigenvalue weighted by Gasteiger charge is -2.07. The fraction of sp³-hybridized carbons (Fsp3) is 0.300. The molecule has 1 N–H and O–H groups in total. The van der Waals surface area contributed by atoms with Crippen LogP contribution in [0.25, 0.3) is 0 Å². The molecule has 1 aromatic rings. The first-order chi connectivity index (χ1) is 7.57. The Balaban J connectivity index is 2.94. The molecule has 6 heteroatoms. The molecule has 84 valence electrons. The zero-order valence-corrected chi connectivity index (χ0v) is 10.2. The van der Waals surface area contributed by atoms with Crippen LogP contribution in [0.1, 0.15) is 12.0 Å². The molecule has 0 atom stereocenters. The van der Waals surface area contributed by atoms with Crippen LogP contribution in [0, 0.1) is 29.4 Å². The van der Waals surface area contributed by atoms with Crippen LogP contribution in [0.15, 0.2) is 10.7 Å². The van der Waals surface area contributed by atoms with Crippen LogP contribution in [-0.2, 0) is 0 Å². The molecule has 0 fully saturated rings. The van der Waals surface area contributed by atoms with Gasteiger partial charge in [0.25, 0.3) is 5.69 Å². The fourth-order valence-electron chi connectivity index (χ4n) is 1.13. The van der Waals surface area contributed by atoms with Crippen molar-refractivity contribution in [3.63, 3.8) is 0 Å². The number of nitrogens with zero attached hydrogens (tertiary/aromatic N) is 2. The van der Waals surface area contributed by atoms with Crippen molar-refractivity contribution in [2.75, 3.05) is 11.9 Å². The second kappa shape index (κ2) is 5.47. The second-order valence-corrected chi connectivity index (χ2v) is 3.86. The molecule has 0 unspecified atom stereocenters. The fourth-order valence-corrected chi connectivity index (χ4v) is 1.58. The van der Waals surface area contributed by atoms with E-state index in [-0.39, 0.29) is 5.69 Å². The highest BCUT2D eigenvalue weighted by Crippen LogP contribution is 2.30. The van der Waals surface area contributed by atoms with Gasteiger partial charge in [-0.25, -0.2) is 4.98 Å². The summed E-state index contributed by atoms with van der Waals surface area (Å²) in [7, 11) is 0. The van der Waals surface area contributed by atoms with Crippen molar-refractivity contribution in [1.29, 1.82) is 0 Å². The molecule has 0 aromatic carbocycles. The van der Waals surface area contributed by atoms with E-state index >= 15 is 0 Å². The Morgan fingerprint density at radius 3 is 3.00 bits per heavy atom. The molecule has 0 bridgehead atoms. The minimum Gasteiger partial charge on any atom is -0.368 e.